The number of amides is 1. The van der Waals surface area contributed by atoms with Crippen molar-refractivity contribution < 1.29 is 23.5 Å². The largest absolute Gasteiger partial charge is 0.755 e. The van der Waals surface area contributed by atoms with E-state index >= 15 is 0 Å². The van der Waals surface area contributed by atoms with Gasteiger partial charge in [0.15, 0.2) is 0 Å². The lowest BCUT2D eigenvalue weighted by Gasteiger charge is -2.32. The van der Waals surface area contributed by atoms with E-state index in [1.54, 1.807) is 36.4 Å². The van der Waals surface area contributed by atoms with Gasteiger partial charge in [-0.2, -0.15) is 0 Å². The van der Waals surface area contributed by atoms with Crippen molar-refractivity contribution in [1.82, 2.24) is 0 Å². The van der Waals surface area contributed by atoms with Gasteiger partial charge in [0.1, 0.15) is 6.04 Å². The van der Waals surface area contributed by atoms with Gasteiger partial charge < -0.3 is 15.4 Å². The Morgan fingerprint density at radius 2 is 1.86 bits per heavy atom. The molecule has 8 heteroatoms. The molecule has 7 nitrogen and oxygen atoms in total. The molecular formula is C14H13N2O5S-. The molecule has 116 valence electrons. The average molecular weight is 321 g/mol. The number of nitrogens with two attached hydrogens (primary N) is 1. The summed E-state index contributed by atoms with van der Waals surface area (Å²) in [6, 6.07) is 10.2. The van der Waals surface area contributed by atoms with Gasteiger partial charge in [-0.15, -0.1) is 0 Å². The van der Waals surface area contributed by atoms with Gasteiger partial charge in [-0.05, 0) is 11.5 Å². The molecule has 0 saturated heterocycles. The van der Waals surface area contributed by atoms with Crippen LogP contribution in [0.25, 0.3) is 10.8 Å². The molecule has 0 aliphatic rings. The Balaban J connectivity index is 2.61. The average Bonchev–Trinajstić information content (AvgIpc) is 2.46. The van der Waals surface area contributed by atoms with Crippen LogP contribution in [0, 0.1) is 0 Å². The van der Waals surface area contributed by atoms with E-state index in [9.17, 15) is 23.5 Å². The van der Waals surface area contributed by atoms with Gasteiger partial charge in [-0.1, -0.05) is 36.4 Å². The molecule has 22 heavy (non-hydrogen) atoms. The monoisotopic (exact) mass is 321 g/mol. The van der Waals surface area contributed by atoms with Gasteiger partial charge in [0.05, 0.1) is 12.1 Å². The standard InChI is InChI=1S/C14H14N2O5S/c15-13(17)8-12(14(18)19)16(22(20)21)11-7-3-5-9-4-1-2-6-10(9)11/h1-7,12H,8H2,(H2,15,17)(H,18,19)(H,20,21)/p-1/t12-/m0/s1. The Kier molecular flexibility index (Phi) is 4.74. The van der Waals surface area contributed by atoms with E-state index in [4.69, 9.17) is 5.73 Å². The first-order chi connectivity index (χ1) is 10.4. The van der Waals surface area contributed by atoms with Crippen LogP contribution in [0.2, 0.25) is 0 Å². The molecular weight excluding hydrogens is 308 g/mol. The van der Waals surface area contributed by atoms with Crippen LogP contribution in [0.1, 0.15) is 6.42 Å². The van der Waals surface area contributed by atoms with Gasteiger partial charge in [0, 0.05) is 16.7 Å². The minimum Gasteiger partial charge on any atom is -0.755 e. The molecule has 0 saturated carbocycles. The summed E-state index contributed by atoms with van der Waals surface area (Å²) < 4.78 is 23.8. The lowest BCUT2D eigenvalue weighted by molar-refractivity contribution is -0.139. The lowest BCUT2D eigenvalue weighted by Crippen LogP contribution is -2.45. The van der Waals surface area contributed by atoms with Crippen LogP contribution in [0.5, 0.6) is 0 Å². The highest BCUT2D eigenvalue weighted by atomic mass is 32.2. The molecule has 0 aliphatic carbocycles. The topological polar surface area (TPSA) is 124 Å². The first kappa shape index (κ1) is 15.9. The van der Waals surface area contributed by atoms with Crippen LogP contribution in [-0.4, -0.2) is 31.8 Å². The first-order valence-electron chi connectivity index (χ1n) is 6.29. The van der Waals surface area contributed by atoms with Crippen molar-refractivity contribution in [1.29, 1.82) is 0 Å². The highest BCUT2D eigenvalue weighted by Gasteiger charge is 2.29. The van der Waals surface area contributed by atoms with Crippen LogP contribution < -0.4 is 10.0 Å². The summed E-state index contributed by atoms with van der Waals surface area (Å²) in [6.45, 7) is 0. The van der Waals surface area contributed by atoms with Crippen LogP contribution in [-0.2, 0) is 20.9 Å². The number of benzene rings is 2. The number of nitrogens with zero attached hydrogens (tertiary/aromatic N) is 1. The van der Waals surface area contributed by atoms with Crippen molar-refractivity contribution in [2.24, 2.45) is 5.73 Å². The number of hydrogen-bond acceptors (Lipinski definition) is 4. The Hall–Kier alpha value is -2.45. The number of fused-ring (bicyclic) bond motifs is 1. The predicted molar refractivity (Wildman–Crippen MR) is 80.6 cm³/mol. The van der Waals surface area contributed by atoms with Crippen molar-refractivity contribution in [3.8, 4) is 0 Å². The fourth-order valence-corrected chi connectivity index (χ4v) is 2.91. The number of carbonyl (C=O) groups excluding carboxylic acids is 1. The van der Waals surface area contributed by atoms with Gasteiger partial charge in [-0.25, -0.2) is 4.79 Å². The number of carbonyl (C=O) groups is 2. The molecule has 2 aromatic carbocycles. The summed E-state index contributed by atoms with van der Waals surface area (Å²) in [5.41, 5.74) is 5.21. The van der Waals surface area contributed by atoms with E-state index in [-0.39, 0.29) is 5.69 Å². The summed E-state index contributed by atoms with van der Waals surface area (Å²) in [7, 11) is 0. The van der Waals surface area contributed by atoms with Crippen molar-refractivity contribution >= 4 is 39.6 Å². The second-order valence-corrected chi connectivity index (χ2v) is 5.39. The number of carboxylic acids is 1. The SMILES string of the molecule is NC(=O)C[C@@H](C(=O)O)N(c1cccc2ccccc12)S(=O)[O-]. The second-order valence-electron chi connectivity index (χ2n) is 4.57. The highest BCUT2D eigenvalue weighted by Crippen LogP contribution is 2.29. The van der Waals surface area contributed by atoms with Crippen molar-refractivity contribution in [2.75, 3.05) is 4.31 Å². The number of rotatable bonds is 6. The molecule has 1 amide bonds. The van der Waals surface area contributed by atoms with E-state index in [1.807, 2.05) is 0 Å². The number of aliphatic carboxylic acids is 1. The second kappa shape index (κ2) is 6.54. The smallest absolute Gasteiger partial charge is 0.327 e. The van der Waals surface area contributed by atoms with E-state index < -0.39 is 35.6 Å². The third kappa shape index (κ3) is 3.23. The van der Waals surface area contributed by atoms with Crippen LogP contribution >= 0.6 is 0 Å². The maximum atomic E-state index is 11.6. The number of anilines is 1. The van der Waals surface area contributed by atoms with E-state index in [0.29, 0.717) is 9.69 Å². The molecule has 0 bridgehead atoms. The summed E-state index contributed by atoms with van der Waals surface area (Å²) in [4.78, 5) is 22.4. The zero-order valence-corrected chi connectivity index (χ0v) is 12.2. The van der Waals surface area contributed by atoms with E-state index in [1.165, 1.54) is 6.07 Å². The third-order valence-electron chi connectivity index (χ3n) is 3.13. The van der Waals surface area contributed by atoms with Crippen LogP contribution in [0.4, 0.5) is 5.69 Å². The molecule has 0 aromatic heterocycles. The normalized spacial score (nSPS) is 13.5. The fourth-order valence-electron chi connectivity index (χ4n) is 2.21. The Labute approximate surface area is 128 Å². The lowest BCUT2D eigenvalue weighted by atomic mass is 10.1. The Bertz CT molecular complexity index is 744. The van der Waals surface area contributed by atoms with Gasteiger partial charge in [0.25, 0.3) is 0 Å². The predicted octanol–water partition coefficient (Wildman–Crippen LogP) is 0.769. The highest BCUT2D eigenvalue weighted by molar-refractivity contribution is 7.80. The molecule has 2 aromatic rings. The van der Waals surface area contributed by atoms with Crippen molar-refractivity contribution in [3.63, 3.8) is 0 Å². The van der Waals surface area contributed by atoms with Crippen molar-refractivity contribution in [3.05, 3.63) is 42.5 Å². The minimum atomic E-state index is -2.88. The number of hydrogen-bond donors (Lipinski definition) is 2. The molecule has 2 atom stereocenters. The number of primary amides is 1. The number of carboxylic acid groups (broad SMARTS) is 1. The van der Waals surface area contributed by atoms with Gasteiger partial charge in [-0.3, -0.25) is 13.3 Å². The van der Waals surface area contributed by atoms with Gasteiger partial charge in [0.2, 0.25) is 5.91 Å². The summed E-state index contributed by atoms with van der Waals surface area (Å²) >= 11 is -2.88. The molecule has 0 radical (unpaired) electrons. The zero-order valence-electron chi connectivity index (χ0n) is 11.3. The first-order valence-corrected chi connectivity index (χ1v) is 7.32. The molecule has 0 spiro atoms. The van der Waals surface area contributed by atoms with E-state index in [2.05, 4.69) is 0 Å². The summed E-state index contributed by atoms with van der Waals surface area (Å²) in [5.74, 6) is -2.35. The Morgan fingerprint density at radius 3 is 2.45 bits per heavy atom. The van der Waals surface area contributed by atoms with Crippen molar-refractivity contribution in [2.45, 2.75) is 12.5 Å². The summed E-state index contributed by atoms with van der Waals surface area (Å²) in [5, 5.41) is 10.6. The fraction of sp³-hybridized carbons (Fsp3) is 0.143. The maximum absolute atomic E-state index is 11.6. The van der Waals surface area contributed by atoms with E-state index in [0.717, 1.165) is 5.39 Å². The molecule has 0 aliphatic heterocycles. The zero-order chi connectivity index (χ0) is 16.3. The molecule has 2 rings (SSSR count). The molecule has 0 heterocycles. The van der Waals surface area contributed by atoms with Crippen LogP contribution in [0.3, 0.4) is 0 Å². The van der Waals surface area contributed by atoms with Crippen LogP contribution in [0.15, 0.2) is 42.5 Å². The third-order valence-corrected chi connectivity index (χ3v) is 3.90. The summed E-state index contributed by atoms with van der Waals surface area (Å²) in [6.07, 6.45) is -0.619. The maximum Gasteiger partial charge on any atom is 0.327 e. The molecule has 1 unspecified atom stereocenters. The van der Waals surface area contributed by atoms with Gasteiger partial charge >= 0.3 is 5.97 Å². The molecule has 0 fully saturated rings. The Morgan fingerprint density at radius 1 is 1.23 bits per heavy atom. The molecule has 3 N–H and O–H groups in total. The quantitative estimate of drug-likeness (QED) is 0.760. The minimum absolute atomic E-state index is 0.181.